The van der Waals surface area contributed by atoms with Gasteiger partial charge in [0.1, 0.15) is 11.3 Å². The van der Waals surface area contributed by atoms with Gasteiger partial charge in [-0.3, -0.25) is 4.98 Å². The fourth-order valence-corrected chi connectivity index (χ4v) is 5.73. The molecule has 3 aromatic heterocycles. The number of fused-ring (bicyclic) bond motifs is 4. The zero-order chi connectivity index (χ0) is 27.3. The number of para-hydroxylation sites is 4. The van der Waals surface area contributed by atoms with Gasteiger partial charge in [-0.25, -0.2) is 4.98 Å². The van der Waals surface area contributed by atoms with E-state index in [1.54, 1.807) is 12.1 Å². The van der Waals surface area contributed by atoms with Gasteiger partial charge in [0.15, 0.2) is 5.58 Å². The fraction of sp³-hybridized carbons (Fsp3) is 0. The highest BCUT2D eigenvalue weighted by atomic mass is 16.3. The summed E-state index contributed by atoms with van der Waals surface area (Å²) in [7, 11) is 0. The van der Waals surface area contributed by atoms with Crippen molar-refractivity contribution in [2.75, 3.05) is 0 Å². The molecule has 0 amide bonds. The standard InChI is InChI=1S/C36H23N3O2/c40-33-17-6-3-12-29(33)36-38-35-26(13-9-18-34(35)41-36)23-20-24(30-14-7-8-19-37-30)22-25(21-23)39-31-15-4-1-10-27(31)28-11-2-5-16-32(28)39/h1-22,40H. The first-order valence-corrected chi connectivity index (χ1v) is 13.5. The fourth-order valence-electron chi connectivity index (χ4n) is 5.73. The van der Waals surface area contributed by atoms with Crippen LogP contribution in [0.3, 0.4) is 0 Å². The highest BCUT2D eigenvalue weighted by Crippen LogP contribution is 2.39. The van der Waals surface area contributed by atoms with Gasteiger partial charge in [-0.1, -0.05) is 66.7 Å². The summed E-state index contributed by atoms with van der Waals surface area (Å²) in [6, 6.07) is 42.6. The van der Waals surface area contributed by atoms with Gasteiger partial charge in [0.2, 0.25) is 5.89 Å². The number of phenolic OH excluding ortho intramolecular Hbond substituents is 1. The van der Waals surface area contributed by atoms with E-state index in [1.165, 1.54) is 10.8 Å². The van der Waals surface area contributed by atoms with Crippen molar-refractivity contribution in [1.29, 1.82) is 0 Å². The third-order valence-electron chi connectivity index (χ3n) is 7.58. The third-order valence-corrected chi connectivity index (χ3v) is 7.58. The third kappa shape index (κ3) is 3.79. The van der Waals surface area contributed by atoms with Crippen LogP contribution in [0.25, 0.3) is 72.4 Å². The average Bonchev–Trinajstić information content (AvgIpc) is 3.61. The molecule has 0 aliphatic rings. The highest BCUT2D eigenvalue weighted by molar-refractivity contribution is 6.09. The Balaban J connectivity index is 1.41. The minimum Gasteiger partial charge on any atom is -0.507 e. The molecule has 0 spiro atoms. The largest absolute Gasteiger partial charge is 0.507 e. The minimum atomic E-state index is 0.131. The van der Waals surface area contributed by atoms with E-state index >= 15 is 0 Å². The quantitative estimate of drug-likeness (QED) is 0.247. The van der Waals surface area contributed by atoms with Gasteiger partial charge in [-0.15, -0.1) is 0 Å². The normalized spacial score (nSPS) is 11.5. The average molecular weight is 530 g/mol. The topological polar surface area (TPSA) is 64.1 Å². The van der Waals surface area contributed by atoms with Gasteiger partial charge >= 0.3 is 0 Å². The predicted octanol–water partition coefficient (Wildman–Crippen LogP) is 9.03. The molecular weight excluding hydrogens is 506 g/mol. The molecule has 1 N–H and O–H groups in total. The van der Waals surface area contributed by atoms with Crippen molar-refractivity contribution in [3.63, 3.8) is 0 Å². The van der Waals surface area contributed by atoms with Crippen LogP contribution in [0, 0.1) is 0 Å². The van der Waals surface area contributed by atoms with Crippen LogP contribution in [0.15, 0.2) is 138 Å². The van der Waals surface area contributed by atoms with Crippen molar-refractivity contribution >= 4 is 32.9 Å². The number of aromatic hydroxyl groups is 1. The molecule has 41 heavy (non-hydrogen) atoms. The Morgan fingerprint density at radius 1 is 0.610 bits per heavy atom. The Labute approximate surface area is 235 Å². The zero-order valence-electron chi connectivity index (χ0n) is 21.9. The predicted molar refractivity (Wildman–Crippen MR) is 164 cm³/mol. The maximum Gasteiger partial charge on any atom is 0.231 e. The van der Waals surface area contributed by atoms with E-state index < -0.39 is 0 Å². The first-order chi connectivity index (χ1) is 20.2. The molecular formula is C36H23N3O2. The Kier molecular flexibility index (Phi) is 5.22. The summed E-state index contributed by atoms with van der Waals surface area (Å²) in [6.07, 6.45) is 1.82. The summed E-state index contributed by atoms with van der Waals surface area (Å²) in [6.45, 7) is 0. The maximum absolute atomic E-state index is 10.4. The number of nitrogens with zero attached hydrogens (tertiary/aromatic N) is 3. The molecule has 5 heteroatoms. The number of hydrogen-bond acceptors (Lipinski definition) is 4. The van der Waals surface area contributed by atoms with E-state index in [-0.39, 0.29) is 5.75 Å². The number of benzene rings is 5. The number of hydrogen-bond donors (Lipinski definition) is 1. The first kappa shape index (κ1) is 23.2. The second-order valence-corrected chi connectivity index (χ2v) is 10.0. The van der Waals surface area contributed by atoms with Crippen LogP contribution >= 0.6 is 0 Å². The monoisotopic (exact) mass is 529 g/mol. The molecule has 0 aliphatic carbocycles. The highest BCUT2D eigenvalue weighted by Gasteiger charge is 2.18. The Hall–Kier alpha value is -5.68. The smallest absolute Gasteiger partial charge is 0.231 e. The lowest BCUT2D eigenvalue weighted by molar-refractivity contribution is 0.474. The summed E-state index contributed by atoms with van der Waals surface area (Å²) < 4.78 is 8.46. The van der Waals surface area contributed by atoms with Gasteiger partial charge in [-0.05, 0) is 66.2 Å². The number of aromatic nitrogens is 3. The van der Waals surface area contributed by atoms with Crippen molar-refractivity contribution in [2.45, 2.75) is 0 Å². The van der Waals surface area contributed by atoms with Gasteiger partial charge in [0.25, 0.3) is 0 Å². The first-order valence-electron chi connectivity index (χ1n) is 13.5. The van der Waals surface area contributed by atoms with E-state index in [0.717, 1.165) is 44.6 Å². The van der Waals surface area contributed by atoms with Gasteiger partial charge < -0.3 is 14.1 Å². The second kappa shape index (κ2) is 9.21. The molecule has 0 bridgehead atoms. The van der Waals surface area contributed by atoms with Crippen LogP contribution in [0.4, 0.5) is 0 Å². The van der Waals surface area contributed by atoms with E-state index in [0.29, 0.717) is 17.0 Å². The molecule has 0 atom stereocenters. The number of pyridine rings is 1. The lowest BCUT2D eigenvalue weighted by Gasteiger charge is -2.13. The van der Waals surface area contributed by atoms with Crippen molar-refractivity contribution in [3.05, 3.63) is 134 Å². The summed E-state index contributed by atoms with van der Waals surface area (Å²) >= 11 is 0. The molecule has 8 rings (SSSR count). The van der Waals surface area contributed by atoms with Crippen LogP contribution in [0.5, 0.6) is 5.75 Å². The Morgan fingerprint density at radius 3 is 2.05 bits per heavy atom. The molecule has 3 heterocycles. The molecule has 0 fully saturated rings. The SMILES string of the molecule is Oc1ccccc1-c1nc2c(-c3cc(-c4ccccn4)cc(-n4c5ccccc5c5ccccc54)c3)cccc2o1. The Bertz CT molecular complexity index is 2170. The van der Waals surface area contributed by atoms with E-state index in [2.05, 4.69) is 82.3 Å². The zero-order valence-corrected chi connectivity index (χ0v) is 21.9. The van der Waals surface area contributed by atoms with Crippen molar-refractivity contribution in [1.82, 2.24) is 14.5 Å². The van der Waals surface area contributed by atoms with Crippen LogP contribution in [-0.2, 0) is 0 Å². The summed E-state index contributed by atoms with van der Waals surface area (Å²) in [5.41, 5.74) is 9.07. The van der Waals surface area contributed by atoms with Gasteiger partial charge in [0, 0.05) is 33.8 Å². The van der Waals surface area contributed by atoms with Crippen molar-refractivity contribution in [2.24, 2.45) is 0 Å². The number of phenols is 1. The van der Waals surface area contributed by atoms with Crippen molar-refractivity contribution < 1.29 is 9.52 Å². The molecule has 0 radical (unpaired) electrons. The lowest BCUT2D eigenvalue weighted by Crippen LogP contribution is -1.96. The van der Waals surface area contributed by atoms with Gasteiger partial charge in [0.05, 0.1) is 22.3 Å². The lowest BCUT2D eigenvalue weighted by atomic mass is 9.99. The Morgan fingerprint density at radius 2 is 1.29 bits per heavy atom. The molecule has 5 aromatic carbocycles. The number of rotatable bonds is 4. The number of oxazole rings is 1. The van der Waals surface area contributed by atoms with E-state index in [1.807, 2.05) is 48.7 Å². The summed E-state index contributed by atoms with van der Waals surface area (Å²) in [4.78, 5) is 9.54. The van der Waals surface area contributed by atoms with E-state index in [4.69, 9.17) is 9.40 Å². The molecule has 194 valence electrons. The summed E-state index contributed by atoms with van der Waals surface area (Å²) in [5.74, 6) is 0.514. The maximum atomic E-state index is 10.4. The molecule has 0 unspecified atom stereocenters. The molecule has 0 aliphatic heterocycles. The van der Waals surface area contributed by atoms with Gasteiger partial charge in [-0.2, -0.15) is 0 Å². The second-order valence-electron chi connectivity index (χ2n) is 10.0. The van der Waals surface area contributed by atoms with Crippen LogP contribution in [0.1, 0.15) is 0 Å². The molecule has 0 saturated carbocycles. The minimum absolute atomic E-state index is 0.131. The summed E-state index contributed by atoms with van der Waals surface area (Å²) in [5, 5.41) is 12.9. The molecule has 5 nitrogen and oxygen atoms in total. The van der Waals surface area contributed by atoms with Crippen LogP contribution in [-0.4, -0.2) is 19.6 Å². The molecule has 0 saturated heterocycles. The molecule has 8 aromatic rings. The van der Waals surface area contributed by atoms with E-state index in [9.17, 15) is 5.11 Å². The van der Waals surface area contributed by atoms with Crippen molar-refractivity contribution in [3.8, 4) is 45.3 Å². The van der Waals surface area contributed by atoms with Crippen LogP contribution in [0.2, 0.25) is 0 Å². The van der Waals surface area contributed by atoms with Crippen LogP contribution < -0.4 is 0 Å².